The molecule has 1 aliphatic heterocycles. The molecule has 0 spiro atoms. The Hall–Kier alpha value is -3.13. The van der Waals surface area contributed by atoms with Crippen LogP contribution in [0.2, 0.25) is 0 Å². The minimum atomic E-state index is -0.342. The van der Waals surface area contributed by atoms with Crippen LogP contribution in [0.15, 0.2) is 65.3 Å². The van der Waals surface area contributed by atoms with Crippen LogP contribution in [-0.4, -0.2) is 48.2 Å². The van der Waals surface area contributed by atoms with E-state index in [2.05, 4.69) is 16.8 Å². The molecule has 156 valence electrons. The standard InChI is InChI=1S/C22H22FN3O3S/c1-4-11-26-21(27)20(13-15-5-8-17(23)9-6-15)30-22(26)25-24-14-16-7-10-18(28-2)19(12-16)29-3/h4-10,12,14,20H,1,11,13H2,2-3H3/b24-14+,25-22+. The van der Waals surface area contributed by atoms with Crippen LogP contribution in [0.3, 0.4) is 0 Å². The molecule has 2 aromatic rings. The predicted octanol–water partition coefficient (Wildman–Crippen LogP) is 3.91. The number of amides is 1. The van der Waals surface area contributed by atoms with E-state index in [0.717, 1.165) is 11.1 Å². The van der Waals surface area contributed by atoms with Gasteiger partial charge >= 0.3 is 0 Å². The molecule has 3 rings (SSSR count). The SMILES string of the molecule is C=CCN1C(=O)C(Cc2ccc(F)cc2)S/C1=N/N=C/c1ccc(OC)c(OC)c1. The van der Waals surface area contributed by atoms with E-state index in [1.807, 2.05) is 6.07 Å². The van der Waals surface area contributed by atoms with Gasteiger partial charge in [-0.25, -0.2) is 4.39 Å². The first-order chi connectivity index (χ1) is 14.5. The number of carbonyl (C=O) groups is 1. The highest BCUT2D eigenvalue weighted by molar-refractivity contribution is 8.15. The summed E-state index contributed by atoms with van der Waals surface area (Å²) in [5.41, 5.74) is 1.67. The highest BCUT2D eigenvalue weighted by Crippen LogP contribution is 2.30. The van der Waals surface area contributed by atoms with Crippen LogP contribution in [0.5, 0.6) is 11.5 Å². The maximum absolute atomic E-state index is 13.1. The zero-order valence-corrected chi connectivity index (χ0v) is 17.6. The maximum Gasteiger partial charge on any atom is 0.242 e. The van der Waals surface area contributed by atoms with E-state index in [1.54, 1.807) is 55.7 Å². The summed E-state index contributed by atoms with van der Waals surface area (Å²) in [7, 11) is 3.14. The number of nitrogens with zero attached hydrogens (tertiary/aromatic N) is 3. The van der Waals surface area contributed by atoms with Crippen molar-refractivity contribution in [3.8, 4) is 11.5 Å². The summed E-state index contributed by atoms with van der Waals surface area (Å²) in [6.07, 6.45) is 3.71. The van der Waals surface area contributed by atoms with Crippen molar-refractivity contribution in [3.05, 3.63) is 72.1 Å². The quantitative estimate of drug-likeness (QED) is 0.364. The molecule has 0 aliphatic carbocycles. The summed E-state index contributed by atoms with van der Waals surface area (Å²) in [4.78, 5) is 14.3. The molecule has 0 N–H and O–H groups in total. The molecule has 1 fully saturated rings. The lowest BCUT2D eigenvalue weighted by Gasteiger charge is -2.12. The monoisotopic (exact) mass is 427 g/mol. The lowest BCUT2D eigenvalue weighted by molar-refractivity contribution is -0.125. The molecular formula is C22H22FN3O3S. The lowest BCUT2D eigenvalue weighted by Crippen LogP contribution is -2.32. The minimum absolute atomic E-state index is 0.0655. The van der Waals surface area contributed by atoms with Gasteiger partial charge in [-0.3, -0.25) is 9.69 Å². The second-order valence-corrected chi connectivity index (χ2v) is 7.59. The number of halogens is 1. The number of ether oxygens (including phenoxy) is 2. The van der Waals surface area contributed by atoms with E-state index in [9.17, 15) is 9.18 Å². The van der Waals surface area contributed by atoms with Gasteiger partial charge in [-0.2, -0.15) is 5.10 Å². The number of carbonyl (C=O) groups excluding carboxylic acids is 1. The van der Waals surface area contributed by atoms with Crippen molar-refractivity contribution in [2.45, 2.75) is 11.7 Å². The van der Waals surface area contributed by atoms with E-state index < -0.39 is 0 Å². The zero-order chi connectivity index (χ0) is 21.5. The van der Waals surface area contributed by atoms with Crippen LogP contribution in [0, 0.1) is 5.82 Å². The Balaban J connectivity index is 1.76. The second-order valence-electron chi connectivity index (χ2n) is 6.42. The van der Waals surface area contributed by atoms with E-state index in [4.69, 9.17) is 9.47 Å². The Bertz CT molecular complexity index is 976. The largest absolute Gasteiger partial charge is 0.493 e. The third-order valence-corrected chi connectivity index (χ3v) is 5.59. The molecule has 0 radical (unpaired) electrons. The summed E-state index contributed by atoms with van der Waals surface area (Å²) in [5.74, 6) is 0.847. The molecule has 8 heteroatoms. The fraction of sp³-hybridized carbons (Fsp3) is 0.227. The predicted molar refractivity (Wildman–Crippen MR) is 118 cm³/mol. The summed E-state index contributed by atoms with van der Waals surface area (Å²) >= 11 is 1.34. The van der Waals surface area contributed by atoms with E-state index in [1.165, 1.54) is 23.9 Å². The Labute approximate surface area is 179 Å². The van der Waals surface area contributed by atoms with Gasteiger partial charge in [0, 0.05) is 6.54 Å². The Morgan fingerprint density at radius 2 is 1.90 bits per heavy atom. The molecule has 1 aliphatic rings. The van der Waals surface area contributed by atoms with Gasteiger partial charge in [-0.15, -0.1) is 11.7 Å². The molecule has 2 aromatic carbocycles. The molecule has 0 saturated carbocycles. The van der Waals surface area contributed by atoms with Crippen LogP contribution in [0.1, 0.15) is 11.1 Å². The van der Waals surface area contributed by atoms with Gasteiger partial charge in [0.15, 0.2) is 16.7 Å². The van der Waals surface area contributed by atoms with Crippen molar-refractivity contribution in [2.75, 3.05) is 20.8 Å². The third kappa shape index (κ3) is 5.07. The Morgan fingerprint density at radius 3 is 2.57 bits per heavy atom. The van der Waals surface area contributed by atoms with Crippen molar-refractivity contribution in [2.24, 2.45) is 10.2 Å². The number of rotatable bonds is 8. The van der Waals surface area contributed by atoms with Gasteiger partial charge in [0.1, 0.15) is 5.82 Å². The average Bonchev–Trinajstić information content (AvgIpc) is 3.04. The number of methoxy groups -OCH3 is 2. The van der Waals surface area contributed by atoms with Gasteiger partial charge in [0.25, 0.3) is 0 Å². The van der Waals surface area contributed by atoms with Crippen molar-refractivity contribution < 1.29 is 18.7 Å². The van der Waals surface area contributed by atoms with Crippen LogP contribution in [0.4, 0.5) is 4.39 Å². The lowest BCUT2D eigenvalue weighted by atomic mass is 10.1. The van der Waals surface area contributed by atoms with Crippen molar-refractivity contribution in [1.29, 1.82) is 0 Å². The van der Waals surface area contributed by atoms with E-state index in [0.29, 0.717) is 29.6 Å². The molecule has 0 aromatic heterocycles. The van der Waals surface area contributed by atoms with Crippen molar-refractivity contribution in [3.63, 3.8) is 0 Å². The fourth-order valence-corrected chi connectivity index (χ4v) is 4.07. The summed E-state index contributed by atoms with van der Waals surface area (Å²) in [6.45, 7) is 4.05. The molecule has 1 atom stereocenters. The van der Waals surface area contributed by atoms with Crippen molar-refractivity contribution >= 4 is 29.1 Å². The average molecular weight is 428 g/mol. The third-order valence-electron chi connectivity index (χ3n) is 4.42. The first-order valence-electron chi connectivity index (χ1n) is 9.22. The first kappa shape index (κ1) is 21.6. The van der Waals surface area contributed by atoms with Gasteiger partial charge < -0.3 is 9.47 Å². The van der Waals surface area contributed by atoms with Gasteiger partial charge in [-0.1, -0.05) is 30.0 Å². The smallest absolute Gasteiger partial charge is 0.242 e. The molecule has 0 bridgehead atoms. The number of thioether (sulfide) groups is 1. The number of hydrogen-bond donors (Lipinski definition) is 0. The normalized spacial score (nSPS) is 17.7. The van der Waals surface area contributed by atoms with Gasteiger partial charge in [-0.05, 0) is 47.9 Å². The molecular weight excluding hydrogens is 405 g/mol. The Kier molecular flexibility index (Phi) is 7.24. The van der Waals surface area contributed by atoms with E-state index in [-0.39, 0.29) is 17.0 Å². The first-order valence-corrected chi connectivity index (χ1v) is 10.1. The zero-order valence-electron chi connectivity index (χ0n) is 16.7. The molecule has 1 heterocycles. The van der Waals surface area contributed by atoms with Crippen molar-refractivity contribution in [1.82, 2.24) is 4.90 Å². The van der Waals surface area contributed by atoms with Gasteiger partial charge in [0.2, 0.25) is 5.91 Å². The van der Waals surface area contributed by atoms with Crippen LogP contribution >= 0.6 is 11.8 Å². The summed E-state index contributed by atoms with van der Waals surface area (Å²) in [5, 5.41) is 8.55. The maximum atomic E-state index is 13.1. The number of amidine groups is 1. The summed E-state index contributed by atoms with van der Waals surface area (Å²) < 4.78 is 23.6. The molecule has 6 nitrogen and oxygen atoms in total. The highest BCUT2D eigenvalue weighted by atomic mass is 32.2. The van der Waals surface area contributed by atoms with E-state index >= 15 is 0 Å². The molecule has 1 amide bonds. The van der Waals surface area contributed by atoms with Crippen LogP contribution in [0.25, 0.3) is 0 Å². The second kappa shape index (κ2) is 10.1. The topological polar surface area (TPSA) is 63.5 Å². The molecule has 30 heavy (non-hydrogen) atoms. The molecule has 1 unspecified atom stereocenters. The minimum Gasteiger partial charge on any atom is -0.493 e. The van der Waals surface area contributed by atoms with Crippen LogP contribution < -0.4 is 9.47 Å². The summed E-state index contributed by atoms with van der Waals surface area (Å²) in [6, 6.07) is 11.6. The number of hydrogen-bond acceptors (Lipinski definition) is 6. The molecule has 1 saturated heterocycles. The Morgan fingerprint density at radius 1 is 1.17 bits per heavy atom. The fourth-order valence-electron chi connectivity index (χ4n) is 2.93. The number of benzene rings is 2. The van der Waals surface area contributed by atoms with Gasteiger partial charge in [0.05, 0.1) is 25.7 Å². The van der Waals surface area contributed by atoms with Crippen LogP contribution in [-0.2, 0) is 11.2 Å². The highest BCUT2D eigenvalue weighted by Gasteiger charge is 2.37.